The molecule has 3 rings (SSSR count). The van der Waals surface area contributed by atoms with Crippen molar-refractivity contribution in [1.82, 2.24) is 9.30 Å². The quantitative estimate of drug-likeness (QED) is 0.905. The van der Waals surface area contributed by atoms with Gasteiger partial charge in [-0.1, -0.05) is 13.0 Å². The molecule has 3 heterocycles. The summed E-state index contributed by atoms with van der Waals surface area (Å²) in [4.78, 5) is 25.2. The van der Waals surface area contributed by atoms with E-state index in [1.807, 2.05) is 41.8 Å². The number of pyridine rings is 1. The normalized spacial score (nSPS) is 22.4. The Bertz CT molecular complexity index is 644. The zero-order valence-corrected chi connectivity index (χ0v) is 11.2. The predicted octanol–water partition coefficient (Wildman–Crippen LogP) is 1.73. The molecule has 0 unspecified atom stereocenters. The minimum atomic E-state index is -0.824. The molecule has 0 spiro atoms. The summed E-state index contributed by atoms with van der Waals surface area (Å²) in [6, 6.07) is 7.59. The summed E-state index contributed by atoms with van der Waals surface area (Å²) < 4.78 is 1.89. The molecule has 5 heteroatoms. The summed E-state index contributed by atoms with van der Waals surface area (Å²) in [6.07, 6.45) is 3.68. The fourth-order valence-corrected chi connectivity index (χ4v) is 2.81. The van der Waals surface area contributed by atoms with Crippen LogP contribution in [0.15, 0.2) is 36.7 Å². The molecule has 20 heavy (non-hydrogen) atoms. The van der Waals surface area contributed by atoms with Crippen molar-refractivity contribution >= 4 is 17.4 Å². The summed E-state index contributed by atoms with van der Waals surface area (Å²) in [5.41, 5.74) is 1.56. The predicted molar refractivity (Wildman–Crippen MR) is 73.6 cm³/mol. The number of carbonyl (C=O) groups is 2. The number of hydrogen-bond donors (Lipinski definition) is 1. The van der Waals surface area contributed by atoms with E-state index in [9.17, 15) is 9.59 Å². The van der Waals surface area contributed by atoms with E-state index in [4.69, 9.17) is 5.11 Å². The van der Waals surface area contributed by atoms with Gasteiger partial charge in [-0.3, -0.25) is 9.59 Å². The number of carbonyl (C=O) groups excluding carboxylic acids is 1. The largest absolute Gasteiger partial charge is 0.481 e. The van der Waals surface area contributed by atoms with Crippen LogP contribution in [0, 0.1) is 11.8 Å². The third-order valence-electron chi connectivity index (χ3n) is 3.97. The Kier molecular flexibility index (Phi) is 2.97. The molecule has 0 radical (unpaired) electrons. The van der Waals surface area contributed by atoms with Crippen LogP contribution in [0.4, 0.5) is 0 Å². The van der Waals surface area contributed by atoms with Crippen molar-refractivity contribution in [2.45, 2.75) is 6.92 Å². The summed E-state index contributed by atoms with van der Waals surface area (Å²) >= 11 is 0. The van der Waals surface area contributed by atoms with Crippen molar-refractivity contribution in [1.29, 1.82) is 0 Å². The maximum atomic E-state index is 12.4. The molecule has 1 aliphatic rings. The highest BCUT2D eigenvalue weighted by Crippen LogP contribution is 2.25. The SMILES string of the molecule is C[C@@H]1CN(C(=O)c2cc3ccccn3c2)C[C@H]1C(=O)O. The molecule has 2 atom stereocenters. The minimum absolute atomic E-state index is 0.00604. The standard InChI is InChI=1S/C15H16N2O3/c1-10-7-17(9-13(10)15(19)20)14(18)11-6-12-4-2-3-5-16(12)8-11/h2-6,8,10,13H,7,9H2,1H3,(H,19,20)/t10-,13-/m1/s1. The Morgan fingerprint density at radius 1 is 1.30 bits per heavy atom. The molecule has 0 aromatic carbocycles. The number of likely N-dealkylation sites (tertiary alicyclic amines) is 1. The highest BCUT2D eigenvalue weighted by molar-refractivity contribution is 5.96. The fourth-order valence-electron chi connectivity index (χ4n) is 2.81. The van der Waals surface area contributed by atoms with E-state index in [0.29, 0.717) is 18.7 Å². The lowest BCUT2D eigenvalue weighted by atomic mass is 9.99. The van der Waals surface area contributed by atoms with Crippen LogP contribution in [-0.2, 0) is 4.79 Å². The average molecular weight is 272 g/mol. The molecule has 1 N–H and O–H groups in total. The third kappa shape index (κ3) is 2.05. The van der Waals surface area contributed by atoms with Gasteiger partial charge >= 0.3 is 5.97 Å². The molecular weight excluding hydrogens is 256 g/mol. The van der Waals surface area contributed by atoms with Crippen LogP contribution >= 0.6 is 0 Å². The van der Waals surface area contributed by atoms with E-state index in [-0.39, 0.29) is 11.8 Å². The fraction of sp³-hybridized carbons (Fsp3) is 0.333. The van der Waals surface area contributed by atoms with Gasteiger partial charge in [-0.05, 0) is 24.1 Å². The first-order valence-corrected chi connectivity index (χ1v) is 6.65. The van der Waals surface area contributed by atoms with Crippen molar-refractivity contribution in [3.8, 4) is 0 Å². The Hall–Kier alpha value is -2.30. The van der Waals surface area contributed by atoms with Crippen LogP contribution < -0.4 is 0 Å². The maximum Gasteiger partial charge on any atom is 0.308 e. The molecule has 104 valence electrons. The highest BCUT2D eigenvalue weighted by Gasteiger charge is 2.37. The van der Waals surface area contributed by atoms with Crippen molar-refractivity contribution in [3.63, 3.8) is 0 Å². The molecular formula is C15H16N2O3. The maximum absolute atomic E-state index is 12.4. The summed E-state index contributed by atoms with van der Waals surface area (Å²) in [5.74, 6) is -1.39. The summed E-state index contributed by atoms with van der Waals surface area (Å²) in [7, 11) is 0. The second kappa shape index (κ2) is 4.67. The molecule has 2 aromatic heterocycles. The van der Waals surface area contributed by atoms with E-state index < -0.39 is 11.9 Å². The monoisotopic (exact) mass is 272 g/mol. The van der Waals surface area contributed by atoms with Crippen molar-refractivity contribution in [2.75, 3.05) is 13.1 Å². The van der Waals surface area contributed by atoms with E-state index in [1.54, 1.807) is 11.1 Å². The van der Waals surface area contributed by atoms with Crippen LogP contribution in [0.1, 0.15) is 17.3 Å². The number of hydrogen-bond acceptors (Lipinski definition) is 2. The number of carboxylic acids is 1. The van der Waals surface area contributed by atoms with E-state index >= 15 is 0 Å². The highest BCUT2D eigenvalue weighted by atomic mass is 16.4. The second-order valence-corrected chi connectivity index (χ2v) is 5.39. The Morgan fingerprint density at radius 2 is 2.10 bits per heavy atom. The number of carboxylic acid groups (broad SMARTS) is 1. The summed E-state index contributed by atoms with van der Waals surface area (Å²) in [5, 5.41) is 9.13. The first-order valence-electron chi connectivity index (χ1n) is 6.65. The van der Waals surface area contributed by atoms with Gasteiger partial charge in [0.25, 0.3) is 5.91 Å². The molecule has 5 nitrogen and oxygen atoms in total. The Balaban J connectivity index is 1.84. The third-order valence-corrected chi connectivity index (χ3v) is 3.97. The number of rotatable bonds is 2. The van der Waals surface area contributed by atoms with Gasteiger partial charge in [0, 0.05) is 31.0 Å². The lowest BCUT2D eigenvalue weighted by Crippen LogP contribution is -2.29. The molecule has 1 saturated heterocycles. The molecule has 0 saturated carbocycles. The molecule has 2 aromatic rings. The lowest BCUT2D eigenvalue weighted by molar-refractivity contribution is -0.142. The first-order chi connectivity index (χ1) is 9.56. The molecule has 1 amide bonds. The number of nitrogens with zero attached hydrogens (tertiary/aromatic N) is 2. The Labute approximate surface area is 116 Å². The zero-order chi connectivity index (χ0) is 14.3. The van der Waals surface area contributed by atoms with Crippen LogP contribution in [0.3, 0.4) is 0 Å². The summed E-state index contributed by atoms with van der Waals surface area (Å²) in [6.45, 7) is 2.67. The van der Waals surface area contributed by atoms with Crippen LogP contribution in [0.25, 0.3) is 5.52 Å². The molecule has 1 aliphatic heterocycles. The van der Waals surface area contributed by atoms with Gasteiger partial charge in [-0.2, -0.15) is 0 Å². The number of aliphatic carboxylic acids is 1. The molecule has 0 aliphatic carbocycles. The topological polar surface area (TPSA) is 62.0 Å². The van der Waals surface area contributed by atoms with Gasteiger partial charge in [0.2, 0.25) is 0 Å². The van der Waals surface area contributed by atoms with Crippen LogP contribution in [0.5, 0.6) is 0 Å². The van der Waals surface area contributed by atoms with Crippen LogP contribution in [0.2, 0.25) is 0 Å². The van der Waals surface area contributed by atoms with E-state index in [1.165, 1.54) is 0 Å². The van der Waals surface area contributed by atoms with Gasteiger partial charge in [0.15, 0.2) is 0 Å². The molecule has 0 bridgehead atoms. The Morgan fingerprint density at radius 3 is 2.75 bits per heavy atom. The lowest BCUT2D eigenvalue weighted by Gasteiger charge is -2.14. The van der Waals surface area contributed by atoms with Gasteiger partial charge in [0.05, 0.1) is 11.5 Å². The van der Waals surface area contributed by atoms with Crippen molar-refractivity contribution in [2.24, 2.45) is 11.8 Å². The first kappa shape index (κ1) is 12.7. The molecule has 1 fully saturated rings. The average Bonchev–Trinajstić information content (AvgIpc) is 3.01. The number of aromatic nitrogens is 1. The van der Waals surface area contributed by atoms with Crippen LogP contribution in [-0.4, -0.2) is 39.4 Å². The number of fused-ring (bicyclic) bond motifs is 1. The van der Waals surface area contributed by atoms with Gasteiger partial charge in [0.1, 0.15) is 0 Å². The van der Waals surface area contributed by atoms with E-state index in [0.717, 1.165) is 5.52 Å². The second-order valence-electron chi connectivity index (χ2n) is 5.39. The minimum Gasteiger partial charge on any atom is -0.481 e. The van der Waals surface area contributed by atoms with Crippen molar-refractivity contribution < 1.29 is 14.7 Å². The van der Waals surface area contributed by atoms with Gasteiger partial charge in [-0.15, -0.1) is 0 Å². The number of amides is 1. The van der Waals surface area contributed by atoms with Gasteiger partial charge < -0.3 is 14.4 Å². The van der Waals surface area contributed by atoms with E-state index in [2.05, 4.69) is 0 Å². The van der Waals surface area contributed by atoms with Gasteiger partial charge in [-0.25, -0.2) is 0 Å². The van der Waals surface area contributed by atoms with Crippen molar-refractivity contribution in [3.05, 3.63) is 42.2 Å². The smallest absolute Gasteiger partial charge is 0.308 e. The zero-order valence-electron chi connectivity index (χ0n) is 11.2.